The fourth-order valence-corrected chi connectivity index (χ4v) is 1.76. The van der Waals surface area contributed by atoms with E-state index in [1.54, 1.807) is 0 Å². The molecule has 104 valence electrons. The minimum absolute atomic E-state index is 0.0872. The van der Waals surface area contributed by atoms with Crippen molar-refractivity contribution in [1.29, 1.82) is 0 Å². The van der Waals surface area contributed by atoms with Crippen LogP contribution in [0.5, 0.6) is 5.75 Å². The summed E-state index contributed by atoms with van der Waals surface area (Å²) in [5.41, 5.74) is 0.856. The first kappa shape index (κ1) is 14.3. The molecule has 0 spiro atoms. The number of nitro benzene ring substituents is 1. The zero-order valence-corrected chi connectivity index (χ0v) is 11.2. The van der Waals surface area contributed by atoms with Crippen LogP contribution < -0.4 is 4.74 Å². The average molecular weight is 294 g/mol. The van der Waals surface area contributed by atoms with Crippen LogP contribution in [0.3, 0.4) is 0 Å². The molecule has 20 heavy (non-hydrogen) atoms. The smallest absolute Gasteiger partial charge is 0.311 e. The monoisotopic (exact) mass is 293 g/mol. The lowest BCUT2D eigenvalue weighted by molar-refractivity contribution is -0.386. The van der Waals surface area contributed by atoms with Crippen molar-refractivity contribution in [2.24, 2.45) is 0 Å². The van der Waals surface area contributed by atoms with Gasteiger partial charge in [0.2, 0.25) is 5.75 Å². The van der Waals surface area contributed by atoms with E-state index in [4.69, 9.17) is 21.1 Å². The Bertz CT molecular complexity index is 589. The van der Waals surface area contributed by atoms with E-state index in [0.717, 1.165) is 5.56 Å². The number of hydrogen-bond acceptors (Lipinski definition) is 4. The number of nitro groups is 1. The van der Waals surface area contributed by atoms with Crippen molar-refractivity contribution >= 4 is 17.3 Å². The van der Waals surface area contributed by atoms with Gasteiger partial charge in [0.25, 0.3) is 0 Å². The van der Waals surface area contributed by atoms with Crippen LogP contribution >= 0.6 is 11.6 Å². The predicted octanol–water partition coefficient (Wildman–Crippen LogP) is 3.80. The zero-order valence-electron chi connectivity index (χ0n) is 10.5. The molecule has 0 saturated carbocycles. The van der Waals surface area contributed by atoms with Gasteiger partial charge < -0.3 is 9.47 Å². The topological polar surface area (TPSA) is 61.6 Å². The van der Waals surface area contributed by atoms with Gasteiger partial charge in [-0.05, 0) is 11.6 Å². The van der Waals surface area contributed by atoms with E-state index >= 15 is 0 Å². The average Bonchev–Trinajstić information content (AvgIpc) is 2.44. The second-order valence-corrected chi connectivity index (χ2v) is 4.40. The Morgan fingerprint density at radius 1 is 1.15 bits per heavy atom. The Hall–Kier alpha value is -2.11. The van der Waals surface area contributed by atoms with E-state index in [1.807, 2.05) is 30.3 Å². The maximum atomic E-state index is 10.8. The molecule has 2 rings (SSSR count). The number of benzene rings is 2. The molecule has 0 aliphatic carbocycles. The fourth-order valence-electron chi connectivity index (χ4n) is 1.59. The Labute approximate surface area is 120 Å². The highest BCUT2D eigenvalue weighted by Gasteiger charge is 2.15. The summed E-state index contributed by atoms with van der Waals surface area (Å²) in [5.74, 6) is 0.0931. The first-order valence-corrected chi connectivity index (χ1v) is 6.23. The Balaban J connectivity index is 1.91. The summed E-state index contributed by atoms with van der Waals surface area (Å²) in [6.45, 7) is 0.283. The summed E-state index contributed by atoms with van der Waals surface area (Å²) in [7, 11) is 0. The van der Waals surface area contributed by atoms with Gasteiger partial charge in [0, 0.05) is 17.2 Å². The summed E-state index contributed by atoms with van der Waals surface area (Å²) >= 11 is 5.79. The van der Waals surface area contributed by atoms with Crippen molar-refractivity contribution in [3.63, 3.8) is 0 Å². The van der Waals surface area contributed by atoms with Crippen molar-refractivity contribution < 1.29 is 14.4 Å². The van der Waals surface area contributed by atoms with Crippen molar-refractivity contribution in [2.45, 2.75) is 6.61 Å². The van der Waals surface area contributed by atoms with Crippen molar-refractivity contribution in [3.05, 3.63) is 69.2 Å². The summed E-state index contributed by atoms with van der Waals surface area (Å²) in [4.78, 5) is 10.3. The molecule has 2 aromatic carbocycles. The molecule has 0 aromatic heterocycles. The maximum absolute atomic E-state index is 10.8. The Morgan fingerprint density at radius 2 is 1.90 bits per heavy atom. The lowest BCUT2D eigenvalue weighted by Gasteiger charge is -2.08. The number of rotatable bonds is 6. The van der Waals surface area contributed by atoms with Crippen molar-refractivity contribution in [1.82, 2.24) is 0 Å². The molecule has 0 bridgehead atoms. The van der Waals surface area contributed by atoms with Crippen LogP contribution in [-0.2, 0) is 11.3 Å². The van der Waals surface area contributed by atoms with Crippen LogP contribution in [0.15, 0.2) is 48.5 Å². The van der Waals surface area contributed by atoms with Crippen molar-refractivity contribution in [3.8, 4) is 5.75 Å². The summed E-state index contributed by atoms with van der Waals surface area (Å²) in [5, 5.41) is 11.2. The molecule has 0 atom stereocenters. The summed E-state index contributed by atoms with van der Waals surface area (Å²) in [6.07, 6.45) is 0. The SMILES string of the molecule is O=[N+]([O-])c1ccc(Cl)cc1OCOCc1ccccc1. The molecule has 6 heteroatoms. The molecule has 5 nitrogen and oxygen atoms in total. The van der Waals surface area contributed by atoms with Gasteiger partial charge in [0.1, 0.15) is 0 Å². The summed E-state index contributed by atoms with van der Waals surface area (Å²) in [6, 6.07) is 13.7. The van der Waals surface area contributed by atoms with Crippen LogP contribution in [0.1, 0.15) is 5.56 Å². The standard InChI is InChI=1S/C14H12ClNO4/c15-12-6-7-13(16(17)18)14(8-12)20-10-19-9-11-4-2-1-3-5-11/h1-8H,9-10H2. The quantitative estimate of drug-likeness (QED) is 0.352. The minimum atomic E-state index is -0.525. The lowest BCUT2D eigenvalue weighted by atomic mass is 10.2. The molecule has 0 radical (unpaired) electrons. The molecule has 2 aromatic rings. The maximum Gasteiger partial charge on any atom is 0.311 e. The van der Waals surface area contributed by atoms with Gasteiger partial charge in [-0.1, -0.05) is 41.9 Å². The normalized spacial score (nSPS) is 10.2. The van der Waals surface area contributed by atoms with Crippen LogP contribution in [0.4, 0.5) is 5.69 Å². The van der Waals surface area contributed by atoms with Gasteiger partial charge >= 0.3 is 5.69 Å². The molecule has 0 fully saturated rings. The number of halogens is 1. The highest BCUT2D eigenvalue weighted by molar-refractivity contribution is 6.30. The minimum Gasteiger partial charge on any atom is -0.460 e. The molecule has 0 aliphatic rings. The molecule has 0 unspecified atom stereocenters. The van der Waals surface area contributed by atoms with Crippen molar-refractivity contribution in [2.75, 3.05) is 6.79 Å². The fraction of sp³-hybridized carbons (Fsp3) is 0.143. The highest BCUT2D eigenvalue weighted by Crippen LogP contribution is 2.29. The first-order chi connectivity index (χ1) is 9.66. The third-order valence-corrected chi connectivity index (χ3v) is 2.76. The Kier molecular flexibility index (Phi) is 4.92. The number of nitrogens with zero attached hydrogens (tertiary/aromatic N) is 1. The van der Waals surface area contributed by atoms with Gasteiger partial charge in [0.15, 0.2) is 6.79 Å². The molecular formula is C14H12ClNO4. The van der Waals surface area contributed by atoms with E-state index in [9.17, 15) is 10.1 Å². The van der Waals surface area contributed by atoms with E-state index in [1.165, 1.54) is 18.2 Å². The van der Waals surface area contributed by atoms with E-state index in [0.29, 0.717) is 11.6 Å². The van der Waals surface area contributed by atoms with Gasteiger partial charge in [-0.2, -0.15) is 0 Å². The van der Waals surface area contributed by atoms with Crippen LogP contribution in [-0.4, -0.2) is 11.7 Å². The highest BCUT2D eigenvalue weighted by atomic mass is 35.5. The van der Waals surface area contributed by atoms with E-state index < -0.39 is 4.92 Å². The molecule has 0 heterocycles. The van der Waals surface area contributed by atoms with E-state index in [2.05, 4.69) is 0 Å². The molecule has 0 amide bonds. The molecule has 0 N–H and O–H groups in total. The second-order valence-electron chi connectivity index (χ2n) is 3.97. The summed E-state index contributed by atoms with van der Waals surface area (Å²) < 4.78 is 10.6. The third kappa shape index (κ3) is 3.94. The largest absolute Gasteiger partial charge is 0.460 e. The first-order valence-electron chi connectivity index (χ1n) is 5.85. The number of hydrogen-bond donors (Lipinski definition) is 0. The third-order valence-electron chi connectivity index (χ3n) is 2.53. The van der Waals surface area contributed by atoms with E-state index in [-0.39, 0.29) is 18.2 Å². The molecular weight excluding hydrogens is 282 g/mol. The Morgan fingerprint density at radius 3 is 2.60 bits per heavy atom. The number of ether oxygens (including phenoxy) is 2. The van der Waals surface area contributed by atoms with Crippen LogP contribution in [0.25, 0.3) is 0 Å². The lowest BCUT2D eigenvalue weighted by Crippen LogP contribution is -2.04. The predicted molar refractivity (Wildman–Crippen MR) is 74.8 cm³/mol. The second kappa shape index (κ2) is 6.88. The van der Waals surface area contributed by atoms with Gasteiger partial charge in [0.05, 0.1) is 11.5 Å². The van der Waals surface area contributed by atoms with Gasteiger partial charge in [-0.25, -0.2) is 0 Å². The van der Waals surface area contributed by atoms with Gasteiger partial charge in [-0.3, -0.25) is 10.1 Å². The van der Waals surface area contributed by atoms with Crippen LogP contribution in [0.2, 0.25) is 5.02 Å². The molecule has 0 saturated heterocycles. The molecule has 0 aliphatic heterocycles. The zero-order chi connectivity index (χ0) is 14.4. The van der Waals surface area contributed by atoms with Crippen LogP contribution in [0, 0.1) is 10.1 Å². The van der Waals surface area contributed by atoms with Gasteiger partial charge in [-0.15, -0.1) is 0 Å².